The number of rotatable bonds is 3. The molecule has 0 spiro atoms. The summed E-state index contributed by atoms with van der Waals surface area (Å²) in [4.78, 5) is 6.80. The number of pyridine rings is 1. The molecule has 1 aromatic rings. The van der Waals surface area contributed by atoms with Gasteiger partial charge in [-0.15, -0.1) is 0 Å². The van der Waals surface area contributed by atoms with Crippen LogP contribution in [0, 0.1) is 6.92 Å². The normalized spacial score (nSPS) is 21.2. The number of aromatic nitrogens is 1. The molecule has 1 unspecified atom stereocenters. The zero-order valence-electron chi connectivity index (χ0n) is 10.0. The molecule has 2 rings (SSSR count). The number of likely N-dealkylation sites (N-methyl/N-ethyl adjacent to an activating group) is 1. The van der Waals surface area contributed by atoms with Crippen LogP contribution < -0.4 is 11.1 Å². The summed E-state index contributed by atoms with van der Waals surface area (Å²) in [5, 5.41) is 3.38. The Hall–Kier alpha value is -1.29. The van der Waals surface area contributed by atoms with Crippen molar-refractivity contribution < 1.29 is 0 Å². The van der Waals surface area contributed by atoms with Crippen LogP contribution in [0.1, 0.15) is 18.5 Å². The van der Waals surface area contributed by atoms with Crippen molar-refractivity contribution in [1.82, 2.24) is 9.88 Å². The maximum absolute atomic E-state index is 5.73. The van der Waals surface area contributed by atoms with Crippen LogP contribution >= 0.6 is 0 Å². The molecule has 88 valence electrons. The molecule has 1 aliphatic heterocycles. The first-order chi connectivity index (χ1) is 7.66. The third-order valence-electron chi connectivity index (χ3n) is 3.32. The average Bonchev–Trinajstić information content (AvgIpc) is 2.66. The van der Waals surface area contributed by atoms with Crippen molar-refractivity contribution in [2.24, 2.45) is 0 Å². The maximum atomic E-state index is 5.73. The van der Waals surface area contributed by atoms with E-state index in [1.165, 1.54) is 19.4 Å². The first-order valence-electron chi connectivity index (χ1n) is 5.84. The van der Waals surface area contributed by atoms with E-state index in [2.05, 4.69) is 22.2 Å². The van der Waals surface area contributed by atoms with Crippen LogP contribution in [0.25, 0.3) is 0 Å². The molecule has 0 saturated carbocycles. The van der Waals surface area contributed by atoms with Crippen LogP contribution in [0.15, 0.2) is 12.1 Å². The highest BCUT2D eigenvalue weighted by molar-refractivity contribution is 5.49. The lowest BCUT2D eigenvalue weighted by Gasteiger charge is -2.20. The molecule has 3 N–H and O–H groups in total. The highest BCUT2D eigenvalue weighted by atomic mass is 15.2. The fourth-order valence-electron chi connectivity index (χ4n) is 2.13. The second-order valence-corrected chi connectivity index (χ2v) is 4.53. The van der Waals surface area contributed by atoms with Gasteiger partial charge in [0.05, 0.1) is 11.4 Å². The van der Waals surface area contributed by atoms with Crippen LogP contribution in [0.3, 0.4) is 0 Å². The number of nitrogen functional groups attached to an aromatic ring is 1. The number of nitrogens with one attached hydrogen (secondary N) is 1. The number of nitrogens with two attached hydrogens (primary N) is 1. The van der Waals surface area contributed by atoms with Gasteiger partial charge in [0.1, 0.15) is 5.82 Å². The van der Waals surface area contributed by atoms with Crippen LogP contribution in [-0.4, -0.2) is 36.1 Å². The Morgan fingerprint density at radius 2 is 2.38 bits per heavy atom. The zero-order valence-corrected chi connectivity index (χ0v) is 10.0. The highest BCUT2D eigenvalue weighted by Crippen LogP contribution is 2.16. The summed E-state index contributed by atoms with van der Waals surface area (Å²) < 4.78 is 0. The van der Waals surface area contributed by atoms with Crippen LogP contribution in [-0.2, 0) is 0 Å². The minimum atomic E-state index is 0.639. The second-order valence-electron chi connectivity index (χ2n) is 4.53. The van der Waals surface area contributed by atoms with E-state index in [-0.39, 0.29) is 0 Å². The zero-order chi connectivity index (χ0) is 11.5. The molecule has 4 nitrogen and oxygen atoms in total. The Balaban J connectivity index is 1.91. The predicted molar refractivity (Wildman–Crippen MR) is 67.5 cm³/mol. The minimum Gasteiger partial charge on any atom is -0.397 e. The Kier molecular flexibility index (Phi) is 3.29. The Morgan fingerprint density at radius 1 is 1.56 bits per heavy atom. The van der Waals surface area contributed by atoms with E-state index in [0.29, 0.717) is 6.04 Å². The summed E-state index contributed by atoms with van der Waals surface area (Å²) in [5.41, 5.74) is 7.38. The van der Waals surface area contributed by atoms with Gasteiger partial charge in [0, 0.05) is 12.6 Å². The Bertz CT molecular complexity index is 364. The molecule has 1 atom stereocenters. The number of likely N-dealkylation sites (tertiary alicyclic amines) is 1. The number of aryl methyl sites for hydroxylation is 1. The fraction of sp³-hybridized carbons (Fsp3) is 0.583. The van der Waals surface area contributed by atoms with E-state index in [1.807, 2.05) is 19.1 Å². The van der Waals surface area contributed by atoms with Crippen molar-refractivity contribution in [3.8, 4) is 0 Å². The van der Waals surface area contributed by atoms with Crippen molar-refractivity contribution in [2.75, 3.05) is 31.2 Å². The van der Waals surface area contributed by atoms with Crippen molar-refractivity contribution >= 4 is 11.5 Å². The van der Waals surface area contributed by atoms with E-state index < -0.39 is 0 Å². The molecular weight excluding hydrogens is 200 g/mol. The molecule has 0 aromatic carbocycles. The van der Waals surface area contributed by atoms with Gasteiger partial charge in [0.25, 0.3) is 0 Å². The standard InChI is InChI=1S/C12H20N4/c1-9-11(13)5-6-12(15-9)14-8-10-4-3-7-16(10)2/h5-6,10H,3-4,7-8,13H2,1-2H3,(H,14,15). The SMILES string of the molecule is Cc1nc(NCC2CCCN2C)ccc1N. The number of hydrogen-bond acceptors (Lipinski definition) is 4. The first-order valence-corrected chi connectivity index (χ1v) is 5.84. The summed E-state index contributed by atoms with van der Waals surface area (Å²) in [6.45, 7) is 4.11. The summed E-state index contributed by atoms with van der Waals surface area (Å²) in [5.74, 6) is 0.923. The van der Waals surface area contributed by atoms with Crippen LogP contribution in [0.5, 0.6) is 0 Å². The average molecular weight is 220 g/mol. The molecule has 1 aromatic heterocycles. The van der Waals surface area contributed by atoms with Crippen molar-refractivity contribution in [3.63, 3.8) is 0 Å². The van der Waals surface area contributed by atoms with Crippen molar-refractivity contribution in [1.29, 1.82) is 0 Å². The topological polar surface area (TPSA) is 54.2 Å². The lowest BCUT2D eigenvalue weighted by atomic mass is 10.2. The van der Waals surface area contributed by atoms with E-state index in [9.17, 15) is 0 Å². The molecular formula is C12H20N4. The smallest absolute Gasteiger partial charge is 0.126 e. The molecule has 0 amide bonds. The third-order valence-corrected chi connectivity index (χ3v) is 3.32. The largest absolute Gasteiger partial charge is 0.397 e. The molecule has 0 aliphatic carbocycles. The van der Waals surface area contributed by atoms with E-state index in [0.717, 1.165) is 23.7 Å². The third kappa shape index (κ3) is 2.44. The molecule has 1 saturated heterocycles. The van der Waals surface area contributed by atoms with Crippen molar-refractivity contribution in [3.05, 3.63) is 17.8 Å². The van der Waals surface area contributed by atoms with E-state index in [1.54, 1.807) is 0 Å². The van der Waals surface area contributed by atoms with Gasteiger partial charge in [-0.3, -0.25) is 0 Å². The number of anilines is 2. The molecule has 1 aliphatic rings. The van der Waals surface area contributed by atoms with Crippen LogP contribution in [0.4, 0.5) is 11.5 Å². The summed E-state index contributed by atoms with van der Waals surface area (Å²) in [6.07, 6.45) is 2.58. The fourth-order valence-corrected chi connectivity index (χ4v) is 2.13. The molecule has 4 heteroatoms. The molecule has 1 fully saturated rings. The lowest BCUT2D eigenvalue weighted by Crippen LogP contribution is -2.31. The van der Waals surface area contributed by atoms with Gasteiger partial charge in [-0.25, -0.2) is 4.98 Å². The van der Waals surface area contributed by atoms with Crippen molar-refractivity contribution in [2.45, 2.75) is 25.8 Å². The summed E-state index contributed by atoms with van der Waals surface area (Å²) in [7, 11) is 2.18. The van der Waals surface area contributed by atoms with Gasteiger partial charge in [0.2, 0.25) is 0 Å². The van der Waals surface area contributed by atoms with Gasteiger partial charge in [0.15, 0.2) is 0 Å². The first kappa shape index (κ1) is 11.2. The Morgan fingerprint density at radius 3 is 3.00 bits per heavy atom. The van der Waals surface area contributed by atoms with E-state index >= 15 is 0 Å². The highest BCUT2D eigenvalue weighted by Gasteiger charge is 2.20. The molecule has 2 heterocycles. The quantitative estimate of drug-likeness (QED) is 0.810. The van der Waals surface area contributed by atoms with Gasteiger partial charge >= 0.3 is 0 Å². The molecule has 16 heavy (non-hydrogen) atoms. The monoisotopic (exact) mass is 220 g/mol. The minimum absolute atomic E-state index is 0.639. The van der Waals surface area contributed by atoms with Gasteiger partial charge in [-0.2, -0.15) is 0 Å². The second kappa shape index (κ2) is 4.70. The van der Waals surface area contributed by atoms with E-state index in [4.69, 9.17) is 5.73 Å². The van der Waals surface area contributed by atoms with Crippen LogP contribution in [0.2, 0.25) is 0 Å². The van der Waals surface area contributed by atoms with Gasteiger partial charge in [-0.1, -0.05) is 0 Å². The summed E-state index contributed by atoms with van der Waals surface area (Å²) >= 11 is 0. The van der Waals surface area contributed by atoms with Gasteiger partial charge in [-0.05, 0) is 45.5 Å². The Labute approximate surface area is 96.8 Å². The molecule has 0 radical (unpaired) electrons. The number of hydrogen-bond donors (Lipinski definition) is 2. The number of nitrogens with zero attached hydrogens (tertiary/aromatic N) is 2. The predicted octanol–water partition coefficient (Wildman–Crippen LogP) is 1.48. The molecule has 0 bridgehead atoms. The van der Waals surface area contributed by atoms with Gasteiger partial charge < -0.3 is 16.0 Å². The summed E-state index contributed by atoms with van der Waals surface area (Å²) in [6, 6.07) is 4.49. The maximum Gasteiger partial charge on any atom is 0.126 e. The lowest BCUT2D eigenvalue weighted by molar-refractivity contribution is 0.322.